The number of nitrogens with zero attached hydrogens (tertiary/aromatic N) is 2. The molecule has 1 aliphatic rings. The monoisotopic (exact) mass is 366 g/mol. The molecule has 1 fully saturated rings. The van der Waals surface area contributed by atoms with Gasteiger partial charge in [-0.1, -0.05) is 6.92 Å². The predicted octanol–water partition coefficient (Wildman–Crippen LogP) is 1.11. The van der Waals surface area contributed by atoms with Gasteiger partial charge in [-0.25, -0.2) is 8.42 Å². The highest BCUT2D eigenvalue weighted by Gasteiger charge is 2.39. The van der Waals surface area contributed by atoms with Crippen LogP contribution in [0.15, 0.2) is 20.0 Å². The number of aliphatic hydroxyl groups excluding tert-OH is 1. The zero-order valence-electron chi connectivity index (χ0n) is 11.7. The molecule has 0 saturated carbocycles. The second-order valence-electron chi connectivity index (χ2n) is 5.34. The summed E-state index contributed by atoms with van der Waals surface area (Å²) in [5.74, 6) is 0.495. The third-order valence-corrected chi connectivity index (χ3v) is 6.37. The minimum Gasteiger partial charge on any atom is -0.450 e. The molecule has 8 heteroatoms. The summed E-state index contributed by atoms with van der Waals surface area (Å²) in [6.45, 7) is 2.66. The first kappa shape index (κ1) is 16.0. The van der Waals surface area contributed by atoms with E-state index < -0.39 is 10.0 Å². The zero-order chi connectivity index (χ0) is 15.1. The van der Waals surface area contributed by atoms with Crippen LogP contribution in [0.1, 0.15) is 12.7 Å². The number of hydrogen-bond acceptors (Lipinski definition) is 5. The largest absolute Gasteiger partial charge is 0.450 e. The van der Waals surface area contributed by atoms with E-state index in [0.29, 0.717) is 13.1 Å². The molecule has 0 aromatic carbocycles. The summed E-state index contributed by atoms with van der Waals surface area (Å²) < 4.78 is 32.0. The molecule has 1 saturated heterocycles. The summed E-state index contributed by atoms with van der Waals surface area (Å²) in [4.78, 5) is 2.12. The van der Waals surface area contributed by atoms with E-state index in [0.717, 1.165) is 0 Å². The lowest BCUT2D eigenvalue weighted by atomic mass is 10.1. The number of sulfonamides is 1. The van der Waals surface area contributed by atoms with Gasteiger partial charge in [0.1, 0.15) is 17.3 Å². The molecular weight excluding hydrogens is 348 g/mol. The zero-order valence-corrected chi connectivity index (χ0v) is 14.1. The number of aliphatic hydroxyl groups is 1. The first-order valence-corrected chi connectivity index (χ1v) is 8.56. The highest BCUT2D eigenvalue weighted by Crippen LogP contribution is 2.32. The lowest BCUT2D eigenvalue weighted by Gasteiger charge is -2.22. The minimum atomic E-state index is -3.60. The van der Waals surface area contributed by atoms with Gasteiger partial charge in [0.15, 0.2) is 4.67 Å². The molecule has 2 unspecified atom stereocenters. The lowest BCUT2D eigenvalue weighted by Crippen LogP contribution is -2.35. The first-order chi connectivity index (χ1) is 9.27. The van der Waals surface area contributed by atoms with Crippen LogP contribution in [0.4, 0.5) is 0 Å². The number of furan rings is 1. The summed E-state index contributed by atoms with van der Waals surface area (Å²) in [6, 6.07) is 1.57. The number of halogens is 1. The van der Waals surface area contributed by atoms with Crippen molar-refractivity contribution >= 4 is 26.0 Å². The highest BCUT2D eigenvalue weighted by molar-refractivity contribution is 9.10. The van der Waals surface area contributed by atoms with Gasteiger partial charge >= 0.3 is 0 Å². The lowest BCUT2D eigenvalue weighted by molar-refractivity contribution is 0.245. The van der Waals surface area contributed by atoms with Gasteiger partial charge in [-0.2, -0.15) is 4.31 Å². The van der Waals surface area contributed by atoms with Crippen molar-refractivity contribution in [1.29, 1.82) is 0 Å². The van der Waals surface area contributed by atoms with Crippen LogP contribution in [0, 0.1) is 5.92 Å². The third-order valence-electron chi connectivity index (χ3n) is 3.68. The fourth-order valence-corrected chi connectivity index (χ4v) is 5.08. The van der Waals surface area contributed by atoms with Gasteiger partial charge in [0.05, 0.1) is 0 Å². The summed E-state index contributed by atoms with van der Waals surface area (Å²) in [6.07, 6.45) is 0. The molecule has 1 aliphatic heterocycles. The van der Waals surface area contributed by atoms with E-state index in [-0.39, 0.29) is 33.9 Å². The molecule has 2 atom stereocenters. The Morgan fingerprint density at radius 3 is 2.60 bits per heavy atom. The summed E-state index contributed by atoms with van der Waals surface area (Å²) >= 11 is 3.11. The number of likely N-dealkylation sites (N-methyl/N-ethyl adjacent to an activating group) is 1. The normalized spacial score (nSPS) is 24.7. The van der Waals surface area contributed by atoms with E-state index in [4.69, 9.17) is 9.52 Å². The average molecular weight is 367 g/mol. The molecular formula is C12H19BrN2O4S. The van der Waals surface area contributed by atoms with Crippen molar-refractivity contribution in [2.45, 2.75) is 24.5 Å². The fraction of sp³-hybridized carbons (Fsp3) is 0.667. The molecule has 1 aromatic rings. The van der Waals surface area contributed by atoms with Gasteiger partial charge in [0.2, 0.25) is 10.0 Å². The van der Waals surface area contributed by atoms with Crippen molar-refractivity contribution in [2.24, 2.45) is 5.92 Å². The standard InChI is InChI=1S/C12H19BrN2O4S/c1-8-5-15(6-10(8)14(2)3)20(17,18)11-4-9(7-16)19-12(11)13/h4,8,10,16H,5-7H2,1-3H3. The maximum absolute atomic E-state index is 12.6. The van der Waals surface area contributed by atoms with Crippen molar-refractivity contribution in [2.75, 3.05) is 27.2 Å². The summed E-state index contributed by atoms with van der Waals surface area (Å²) in [7, 11) is 0.304. The van der Waals surface area contributed by atoms with E-state index in [1.54, 1.807) is 0 Å². The van der Waals surface area contributed by atoms with Crippen LogP contribution >= 0.6 is 15.9 Å². The Balaban J connectivity index is 2.30. The van der Waals surface area contributed by atoms with Crippen LogP contribution in [0.5, 0.6) is 0 Å². The van der Waals surface area contributed by atoms with Crippen molar-refractivity contribution in [3.8, 4) is 0 Å². The van der Waals surface area contributed by atoms with E-state index in [1.807, 2.05) is 25.9 Å². The Kier molecular flexibility index (Phi) is 4.60. The SMILES string of the molecule is CC1CN(S(=O)(=O)c2cc(CO)oc2Br)CC1N(C)C. The second kappa shape index (κ2) is 5.76. The fourth-order valence-electron chi connectivity index (χ4n) is 2.57. The Hall–Kier alpha value is -0.410. The van der Waals surface area contributed by atoms with Crippen molar-refractivity contribution in [1.82, 2.24) is 9.21 Å². The smallest absolute Gasteiger partial charge is 0.247 e. The topological polar surface area (TPSA) is 74.0 Å². The maximum Gasteiger partial charge on any atom is 0.247 e. The van der Waals surface area contributed by atoms with Crippen LogP contribution in [-0.2, 0) is 16.6 Å². The van der Waals surface area contributed by atoms with E-state index in [2.05, 4.69) is 15.9 Å². The Labute approximate surface area is 127 Å². The van der Waals surface area contributed by atoms with Crippen LogP contribution in [0.25, 0.3) is 0 Å². The second-order valence-corrected chi connectivity index (χ2v) is 7.97. The molecule has 0 spiro atoms. The first-order valence-electron chi connectivity index (χ1n) is 6.33. The van der Waals surface area contributed by atoms with Gasteiger partial charge in [0.25, 0.3) is 0 Å². The highest BCUT2D eigenvalue weighted by atomic mass is 79.9. The van der Waals surface area contributed by atoms with E-state index in [9.17, 15) is 8.42 Å². The van der Waals surface area contributed by atoms with Gasteiger partial charge < -0.3 is 14.4 Å². The van der Waals surface area contributed by atoms with Crippen molar-refractivity contribution < 1.29 is 17.9 Å². The number of rotatable bonds is 4. The summed E-state index contributed by atoms with van der Waals surface area (Å²) in [5.41, 5.74) is 0. The van der Waals surface area contributed by atoms with Crippen LogP contribution in [0.2, 0.25) is 0 Å². The van der Waals surface area contributed by atoms with Crippen molar-refractivity contribution in [3.05, 3.63) is 16.5 Å². The maximum atomic E-state index is 12.6. The molecule has 1 aromatic heterocycles. The van der Waals surface area contributed by atoms with Gasteiger partial charge in [-0.05, 0) is 35.9 Å². The minimum absolute atomic E-state index is 0.0770. The molecule has 6 nitrogen and oxygen atoms in total. The van der Waals surface area contributed by atoms with Gasteiger partial charge in [0, 0.05) is 25.2 Å². The van der Waals surface area contributed by atoms with E-state index >= 15 is 0 Å². The molecule has 1 N–H and O–H groups in total. The molecule has 0 bridgehead atoms. The molecule has 2 rings (SSSR count). The molecule has 20 heavy (non-hydrogen) atoms. The molecule has 2 heterocycles. The van der Waals surface area contributed by atoms with Crippen molar-refractivity contribution in [3.63, 3.8) is 0 Å². The van der Waals surface area contributed by atoms with Crippen LogP contribution in [0.3, 0.4) is 0 Å². The molecule has 0 aliphatic carbocycles. The Morgan fingerprint density at radius 1 is 1.50 bits per heavy atom. The summed E-state index contributed by atoms with van der Waals surface area (Å²) in [5, 5.41) is 9.03. The van der Waals surface area contributed by atoms with E-state index in [1.165, 1.54) is 10.4 Å². The predicted molar refractivity (Wildman–Crippen MR) is 77.7 cm³/mol. The van der Waals surface area contributed by atoms with Gasteiger partial charge in [-0.15, -0.1) is 0 Å². The van der Waals surface area contributed by atoms with Gasteiger partial charge in [-0.3, -0.25) is 0 Å². The molecule has 0 amide bonds. The average Bonchev–Trinajstić information content (AvgIpc) is 2.93. The Bertz CT molecular complexity index is 584. The van der Waals surface area contributed by atoms with Crippen LogP contribution in [-0.4, -0.2) is 56.0 Å². The number of hydrogen-bond donors (Lipinski definition) is 1. The molecule has 0 radical (unpaired) electrons. The Morgan fingerprint density at radius 2 is 2.15 bits per heavy atom. The molecule has 114 valence electrons. The quantitative estimate of drug-likeness (QED) is 0.863. The third kappa shape index (κ3) is 2.80. The van der Waals surface area contributed by atoms with Crippen LogP contribution < -0.4 is 0 Å².